The molecule has 2 aromatic rings. The first-order valence-electron chi connectivity index (χ1n) is 8.94. The number of amides is 4. The van der Waals surface area contributed by atoms with Crippen molar-refractivity contribution in [2.24, 2.45) is 0 Å². The van der Waals surface area contributed by atoms with E-state index in [0.29, 0.717) is 20.6 Å². The zero-order valence-electron chi connectivity index (χ0n) is 15.8. The van der Waals surface area contributed by atoms with E-state index in [9.17, 15) is 19.2 Å². The van der Waals surface area contributed by atoms with Crippen molar-refractivity contribution < 1.29 is 29.0 Å². The number of urea groups is 1. The fourth-order valence-corrected chi connectivity index (χ4v) is 3.50. The topological polar surface area (TPSA) is 113 Å². The van der Waals surface area contributed by atoms with Crippen LogP contribution in [0.25, 0.3) is 6.08 Å². The van der Waals surface area contributed by atoms with E-state index in [4.69, 9.17) is 9.84 Å². The molecular formula is C21H17IN2O6. The van der Waals surface area contributed by atoms with E-state index in [-0.39, 0.29) is 5.57 Å². The predicted octanol–water partition coefficient (Wildman–Crippen LogP) is 2.98. The molecule has 0 unspecified atom stereocenters. The third kappa shape index (κ3) is 4.67. The van der Waals surface area contributed by atoms with Crippen molar-refractivity contribution in [3.8, 4) is 5.75 Å². The molecule has 1 aliphatic rings. The van der Waals surface area contributed by atoms with Crippen LogP contribution in [0.3, 0.4) is 0 Å². The molecule has 2 N–H and O–H groups in total. The maximum Gasteiger partial charge on any atom is 0.341 e. The summed E-state index contributed by atoms with van der Waals surface area (Å²) < 4.78 is 5.77. The summed E-state index contributed by atoms with van der Waals surface area (Å²) in [7, 11) is 0. The molecule has 3 rings (SSSR count). The van der Waals surface area contributed by atoms with Crippen molar-refractivity contribution in [1.29, 1.82) is 0 Å². The van der Waals surface area contributed by atoms with E-state index in [0.717, 1.165) is 16.9 Å². The second-order valence-electron chi connectivity index (χ2n) is 6.35. The normalized spacial score (nSPS) is 15.3. The number of carbonyl (C=O) groups excluding carboxylic acids is 3. The van der Waals surface area contributed by atoms with Crippen molar-refractivity contribution in [1.82, 2.24) is 5.32 Å². The lowest BCUT2D eigenvalue weighted by Gasteiger charge is -2.26. The minimum absolute atomic E-state index is 0.191. The molecule has 30 heavy (non-hydrogen) atoms. The highest BCUT2D eigenvalue weighted by Crippen LogP contribution is 2.26. The average Bonchev–Trinajstić information content (AvgIpc) is 2.70. The lowest BCUT2D eigenvalue weighted by Crippen LogP contribution is -2.54. The summed E-state index contributed by atoms with van der Waals surface area (Å²) in [6.07, 6.45) is 2.19. The molecule has 0 aromatic heterocycles. The maximum absolute atomic E-state index is 12.9. The van der Waals surface area contributed by atoms with Gasteiger partial charge in [-0.3, -0.25) is 14.9 Å². The van der Waals surface area contributed by atoms with Gasteiger partial charge in [0.15, 0.2) is 6.61 Å². The molecule has 1 aliphatic heterocycles. The minimum atomic E-state index is -1.10. The highest BCUT2D eigenvalue weighted by molar-refractivity contribution is 14.1. The number of rotatable bonds is 6. The van der Waals surface area contributed by atoms with Gasteiger partial charge < -0.3 is 9.84 Å². The van der Waals surface area contributed by atoms with Gasteiger partial charge in [-0.2, -0.15) is 0 Å². The second-order valence-corrected chi connectivity index (χ2v) is 7.51. The van der Waals surface area contributed by atoms with Gasteiger partial charge in [-0.25, -0.2) is 14.5 Å². The first-order chi connectivity index (χ1) is 14.3. The summed E-state index contributed by atoms with van der Waals surface area (Å²) in [5.41, 5.74) is 1.75. The number of aryl methyl sites for hydroxylation is 1. The van der Waals surface area contributed by atoms with Gasteiger partial charge in [-0.15, -0.1) is 0 Å². The Morgan fingerprint density at radius 2 is 1.87 bits per heavy atom. The van der Waals surface area contributed by atoms with Crippen LogP contribution in [0.1, 0.15) is 18.1 Å². The van der Waals surface area contributed by atoms with E-state index in [1.165, 1.54) is 6.08 Å². The van der Waals surface area contributed by atoms with Crippen molar-refractivity contribution >= 4 is 58.2 Å². The largest absolute Gasteiger partial charge is 0.481 e. The number of hydrogen-bond donors (Lipinski definition) is 2. The van der Waals surface area contributed by atoms with Gasteiger partial charge in [-0.05, 0) is 70.5 Å². The van der Waals surface area contributed by atoms with E-state index >= 15 is 0 Å². The quantitative estimate of drug-likeness (QED) is 0.344. The van der Waals surface area contributed by atoms with E-state index in [1.807, 2.05) is 41.6 Å². The number of halogens is 1. The molecule has 4 amide bonds. The molecule has 1 heterocycles. The summed E-state index contributed by atoms with van der Waals surface area (Å²) in [6, 6.07) is 10.9. The number of imide groups is 2. The molecule has 1 fully saturated rings. The Balaban J connectivity index is 1.90. The highest BCUT2D eigenvalue weighted by Gasteiger charge is 2.36. The fourth-order valence-electron chi connectivity index (χ4n) is 2.80. The maximum atomic E-state index is 12.9. The number of aliphatic carboxylic acids is 1. The lowest BCUT2D eigenvalue weighted by atomic mass is 10.1. The predicted molar refractivity (Wildman–Crippen MR) is 117 cm³/mol. The number of carboxylic acids is 1. The van der Waals surface area contributed by atoms with Gasteiger partial charge in [0.1, 0.15) is 11.3 Å². The van der Waals surface area contributed by atoms with Crippen LogP contribution >= 0.6 is 22.6 Å². The number of anilines is 1. The van der Waals surface area contributed by atoms with E-state index in [2.05, 4.69) is 5.32 Å². The number of nitrogens with one attached hydrogen (secondary N) is 1. The zero-order chi connectivity index (χ0) is 21.8. The molecule has 0 bridgehead atoms. The molecule has 9 heteroatoms. The Morgan fingerprint density at radius 1 is 1.17 bits per heavy atom. The highest BCUT2D eigenvalue weighted by atomic mass is 127. The van der Waals surface area contributed by atoms with Crippen molar-refractivity contribution in [2.45, 2.75) is 13.3 Å². The molecular weight excluding hydrogens is 503 g/mol. The first kappa shape index (κ1) is 21.5. The number of ether oxygens (including phenoxy) is 1. The van der Waals surface area contributed by atoms with Gasteiger partial charge >= 0.3 is 12.0 Å². The standard InChI is InChI=1S/C21H17IN2O6/c1-2-12-3-6-14(7-4-12)24-20(28)15(19(27)23-21(24)29)9-13-5-8-17(16(22)10-13)30-11-18(25)26/h3-10H,2,11H2,1H3,(H,25,26)(H,23,27,29)/b15-9-. The van der Waals surface area contributed by atoms with Crippen LogP contribution in [0.2, 0.25) is 0 Å². The fraction of sp³-hybridized carbons (Fsp3) is 0.143. The zero-order valence-corrected chi connectivity index (χ0v) is 18.0. The Kier molecular flexibility index (Phi) is 6.50. The minimum Gasteiger partial charge on any atom is -0.481 e. The van der Waals surface area contributed by atoms with Crippen LogP contribution in [0.15, 0.2) is 48.0 Å². The molecule has 154 valence electrons. The smallest absolute Gasteiger partial charge is 0.341 e. The van der Waals surface area contributed by atoms with Crippen molar-refractivity contribution in [2.75, 3.05) is 11.5 Å². The third-order valence-corrected chi connectivity index (χ3v) is 5.17. The van der Waals surface area contributed by atoms with E-state index in [1.54, 1.807) is 30.3 Å². The third-order valence-electron chi connectivity index (χ3n) is 4.32. The lowest BCUT2D eigenvalue weighted by molar-refractivity contribution is -0.139. The van der Waals surface area contributed by atoms with Crippen LogP contribution in [-0.4, -0.2) is 35.5 Å². The van der Waals surface area contributed by atoms with Crippen LogP contribution < -0.4 is 15.0 Å². The van der Waals surface area contributed by atoms with E-state index < -0.39 is 30.4 Å². The molecule has 0 atom stereocenters. The molecule has 0 spiro atoms. The Morgan fingerprint density at radius 3 is 2.47 bits per heavy atom. The first-order valence-corrected chi connectivity index (χ1v) is 10.0. The molecule has 2 aromatic carbocycles. The van der Waals surface area contributed by atoms with Gasteiger partial charge in [0, 0.05) is 0 Å². The SMILES string of the molecule is CCc1ccc(N2C(=O)NC(=O)/C(=C/c3ccc(OCC(=O)O)c(I)c3)C2=O)cc1. The van der Waals surface area contributed by atoms with Crippen LogP contribution in [0.4, 0.5) is 10.5 Å². The van der Waals surface area contributed by atoms with Crippen molar-refractivity contribution in [3.05, 3.63) is 62.7 Å². The number of nitrogens with zero attached hydrogens (tertiary/aromatic N) is 1. The van der Waals surface area contributed by atoms with Crippen molar-refractivity contribution in [3.63, 3.8) is 0 Å². The number of hydrogen-bond acceptors (Lipinski definition) is 5. The Hall–Kier alpha value is -3.21. The summed E-state index contributed by atoms with van der Waals surface area (Å²) in [6.45, 7) is 1.51. The summed E-state index contributed by atoms with van der Waals surface area (Å²) in [4.78, 5) is 49.0. The summed E-state index contributed by atoms with van der Waals surface area (Å²) in [5, 5.41) is 10.9. The molecule has 1 saturated heterocycles. The molecule has 0 aliphatic carbocycles. The van der Waals surface area contributed by atoms with Gasteiger partial charge in [-0.1, -0.05) is 25.1 Å². The number of barbiturate groups is 1. The number of benzene rings is 2. The Labute approximate surface area is 185 Å². The molecule has 0 saturated carbocycles. The summed E-state index contributed by atoms with van der Waals surface area (Å²) >= 11 is 1.96. The van der Waals surface area contributed by atoms with Gasteiger partial charge in [0.2, 0.25) is 0 Å². The van der Waals surface area contributed by atoms with Gasteiger partial charge in [0.25, 0.3) is 11.8 Å². The Bertz CT molecular complexity index is 1060. The number of carbonyl (C=O) groups is 4. The monoisotopic (exact) mass is 520 g/mol. The summed E-state index contributed by atoms with van der Waals surface area (Å²) in [5.74, 6) is -2.24. The number of carboxylic acid groups (broad SMARTS) is 1. The second kappa shape index (κ2) is 9.08. The molecule has 8 nitrogen and oxygen atoms in total. The van der Waals surface area contributed by atoms with Crippen LogP contribution in [-0.2, 0) is 20.8 Å². The average molecular weight is 520 g/mol. The van der Waals surface area contributed by atoms with Crippen LogP contribution in [0, 0.1) is 3.57 Å². The van der Waals surface area contributed by atoms with Crippen LogP contribution in [0.5, 0.6) is 5.75 Å². The molecule has 0 radical (unpaired) electrons. The van der Waals surface area contributed by atoms with Gasteiger partial charge in [0.05, 0.1) is 9.26 Å².